The Balaban J connectivity index is 2.18. The number of aryl methyl sites for hydroxylation is 2. The minimum atomic E-state index is 0.712. The molecule has 0 bridgehead atoms. The largest absolute Gasteiger partial charge is 0.359 e. The molecule has 4 heteroatoms. The molecule has 0 aliphatic carbocycles. The Hall–Kier alpha value is -1.58. The fourth-order valence-electron chi connectivity index (χ4n) is 1.46. The molecule has 0 amide bonds. The molecule has 0 N–H and O–H groups in total. The summed E-state index contributed by atoms with van der Waals surface area (Å²) in [6.07, 6.45) is 4.69. The van der Waals surface area contributed by atoms with Crippen LogP contribution in [0.15, 0.2) is 23.0 Å². The summed E-state index contributed by atoms with van der Waals surface area (Å²) in [5.74, 6) is 1.94. The molecule has 0 aromatic carbocycles. The molecule has 2 heterocycles. The number of hydrogen-bond acceptors (Lipinski definition) is 3. The molecule has 0 saturated carbocycles. The molecule has 0 fully saturated rings. The van der Waals surface area contributed by atoms with Gasteiger partial charge in [0.15, 0.2) is 5.76 Å². The molecule has 2 rings (SSSR count). The maximum absolute atomic E-state index is 5.14. The third-order valence-corrected chi connectivity index (χ3v) is 2.12. The summed E-state index contributed by atoms with van der Waals surface area (Å²) in [5.41, 5.74) is 0.915. The van der Waals surface area contributed by atoms with Gasteiger partial charge < -0.3 is 9.09 Å². The average Bonchev–Trinajstić information content (AvgIpc) is 2.76. The second-order valence-corrected chi connectivity index (χ2v) is 3.26. The van der Waals surface area contributed by atoms with Crippen LogP contribution in [0.25, 0.3) is 0 Å². The smallest absolute Gasteiger partial charge is 0.156 e. The molecular formula is C10H13N3O. The van der Waals surface area contributed by atoms with E-state index in [1.165, 1.54) is 0 Å². The maximum Gasteiger partial charge on any atom is 0.156 e. The van der Waals surface area contributed by atoms with E-state index in [0.29, 0.717) is 6.54 Å². The highest BCUT2D eigenvalue weighted by molar-refractivity contribution is 5.05. The van der Waals surface area contributed by atoms with Crippen molar-refractivity contribution < 1.29 is 4.52 Å². The van der Waals surface area contributed by atoms with E-state index < -0.39 is 0 Å². The van der Waals surface area contributed by atoms with E-state index in [2.05, 4.69) is 21.6 Å². The lowest BCUT2D eigenvalue weighted by atomic mass is 10.3. The van der Waals surface area contributed by atoms with Crippen LogP contribution in [-0.2, 0) is 13.0 Å². The van der Waals surface area contributed by atoms with Crippen molar-refractivity contribution in [1.82, 2.24) is 14.7 Å². The van der Waals surface area contributed by atoms with Crippen molar-refractivity contribution in [3.05, 3.63) is 35.7 Å². The van der Waals surface area contributed by atoms with E-state index in [1.807, 2.05) is 25.4 Å². The normalized spacial score (nSPS) is 10.7. The molecule has 74 valence electrons. The lowest BCUT2D eigenvalue weighted by molar-refractivity contribution is 0.371. The summed E-state index contributed by atoms with van der Waals surface area (Å²) >= 11 is 0. The summed E-state index contributed by atoms with van der Waals surface area (Å²) < 4.78 is 7.21. The molecule has 14 heavy (non-hydrogen) atoms. The molecule has 2 aromatic rings. The molecular weight excluding hydrogens is 178 g/mol. The third-order valence-electron chi connectivity index (χ3n) is 2.12. The Morgan fingerprint density at radius 1 is 1.50 bits per heavy atom. The maximum atomic E-state index is 5.14. The van der Waals surface area contributed by atoms with Crippen molar-refractivity contribution in [3.8, 4) is 0 Å². The Kier molecular flexibility index (Phi) is 2.35. The minimum absolute atomic E-state index is 0.712. The molecule has 2 aromatic heterocycles. The standard InChI is InChI=1S/C10H13N3O/c1-3-10-11-4-5-13(10)7-9-6-8(2)12-14-9/h4-6H,3,7H2,1-2H3. The lowest BCUT2D eigenvalue weighted by Gasteiger charge is -2.01. The zero-order chi connectivity index (χ0) is 9.97. The van der Waals surface area contributed by atoms with E-state index in [4.69, 9.17) is 4.52 Å². The van der Waals surface area contributed by atoms with Crippen LogP contribution in [0.3, 0.4) is 0 Å². The van der Waals surface area contributed by atoms with Gasteiger partial charge in [-0.2, -0.15) is 0 Å². The van der Waals surface area contributed by atoms with E-state index in [0.717, 1.165) is 23.7 Å². The van der Waals surface area contributed by atoms with Gasteiger partial charge in [0.05, 0.1) is 12.2 Å². The first-order chi connectivity index (χ1) is 6.79. The molecule has 0 atom stereocenters. The van der Waals surface area contributed by atoms with Crippen LogP contribution < -0.4 is 0 Å². The summed E-state index contributed by atoms with van der Waals surface area (Å²) in [6, 6.07) is 1.94. The summed E-state index contributed by atoms with van der Waals surface area (Å²) in [4.78, 5) is 4.24. The molecule has 0 aliphatic heterocycles. The number of nitrogens with zero attached hydrogens (tertiary/aromatic N) is 3. The molecule has 4 nitrogen and oxygen atoms in total. The van der Waals surface area contributed by atoms with Crippen molar-refractivity contribution in [1.29, 1.82) is 0 Å². The Labute approximate surface area is 82.6 Å². The van der Waals surface area contributed by atoms with Gasteiger partial charge in [-0.1, -0.05) is 12.1 Å². The Bertz CT molecular complexity index is 416. The number of imidazole rings is 1. The zero-order valence-corrected chi connectivity index (χ0v) is 8.40. The van der Waals surface area contributed by atoms with Crippen LogP contribution >= 0.6 is 0 Å². The van der Waals surface area contributed by atoms with Crippen molar-refractivity contribution in [2.45, 2.75) is 26.8 Å². The Morgan fingerprint density at radius 2 is 2.36 bits per heavy atom. The molecule has 0 spiro atoms. The van der Waals surface area contributed by atoms with Gasteiger partial charge in [-0.15, -0.1) is 0 Å². The van der Waals surface area contributed by atoms with Gasteiger partial charge in [0, 0.05) is 24.9 Å². The second-order valence-electron chi connectivity index (χ2n) is 3.26. The quantitative estimate of drug-likeness (QED) is 0.742. The highest BCUT2D eigenvalue weighted by Gasteiger charge is 2.04. The van der Waals surface area contributed by atoms with Gasteiger partial charge in [-0.3, -0.25) is 0 Å². The predicted octanol–water partition coefficient (Wildman–Crippen LogP) is 1.79. The van der Waals surface area contributed by atoms with Gasteiger partial charge in [0.25, 0.3) is 0 Å². The van der Waals surface area contributed by atoms with Crippen LogP contribution in [0.5, 0.6) is 0 Å². The van der Waals surface area contributed by atoms with Gasteiger partial charge in [0.1, 0.15) is 5.82 Å². The van der Waals surface area contributed by atoms with E-state index in [9.17, 15) is 0 Å². The van der Waals surface area contributed by atoms with Crippen LogP contribution in [0.4, 0.5) is 0 Å². The van der Waals surface area contributed by atoms with Crippen LogP contribution in [0, 0.1) is 6.92 Å². The highest BCUT2D eigenvalue weighted by atomic mass is 16.5. The van der Waals surface area contributed by atoms with E-state index in [1.54, 1.807) is 0 Å². The molecule has 0 saturated heterocycles. The molecule has 0 unspecified atom stereocenters. The second kappa shape index (κ2) is 3.65. The van der Waals surface area contributed by atoms with Crippen molar-refractivity contribution >= 4 is 0 Å². The Morgan fingerprint density at radius 3 is 3.00 bits per heavy atom. The monoisotopic (exact) mass is 191 g/mol. The first kappa shape index (κ1) is 8.99. The fourth-order valence-corrected chi connectivity index (χ4v) is 1.46. The van der Waals surface area contributed by atoms with Crippen molar-refractivity contribution in [2.24, 2.45) is 0 Å². The van der Waals surface area contributed by atoms with Gasteiger partial charge in [-0.25, -0.2) is 4.98 Å². The number of aromatic nitrogens is 3. The van der Waals surface area contributed by atoms with Crippen LogP contribution in [-0.4, -0.2) is 14.7 Å². The van der Waals surface area contributed by atoms with Crippen LogP contribution in [0.1, 0.15) is 24.2 Å². The zero-order valence-electron chi connectivity index (χ0n) is 8.40. The number of hydrogen-bond donors (Lipinski definition) is 0. The first-order valence-electron chi connectivity index (χ1n) is 4.72. The van der Waals surface area contributed by atoms with Crippen molar-refractivity contribution in [3.63, 3.8) is 0 Å². The average molecular weight is 191 g/mol. The molecule has 0 radical (unpaired) electrons. The van der Waals surface area contributed by atoms with Crippen molar-refractivity contribution in [2.75, 3.05) is 0 Å². The SMILES string of the molecule is CCc1nccn1Cc1cc(C)no1. The van der Waals surface area contributed by atoms with E-state index >= 15 is 0 Å². The number of rotatable bonds is 3. The van der Waals surface area contributed by atoms with E-state index in [-0.39, 0.29) is 0 Å². The fraction of sp³-hybridized carbons (Fsp3) is 0.400. The predicted molar refractivity (Wildman–Crippen MR) is 51.9 cm³/mol. The lowest BCUT2D eigenvalue weighted by Crippen LogP contribution is -2.02. The third kappa shape index (κ3) is 1.69. The van der Waals surface area contributed by atoms with Gasteiger partial charge in [-0.05, 0) is 6.92 Å². The summed E-state index contributed by atoms with van der Waals surface area (Å²) in [7, 11) is 0. The highest BCUT2D eigenvalue weighted by Crippen LogP contribution is 2.07. The first-order valence-corrected chi connectivity index (χ1v) is 4.72. The summed E-state index contributed by atoms with van der Waals surface area (Å²) in [6.45, 7) is 4.72. The topological polar surface area (TPSA) is 43.9 Å². The molecule has 0 aliphatic rings. The van der Waals surface area contributed by atoms with Crippen LogP contribution in [0.2, 0.25) is 0 Å². The van der Waals surface area contributed by atoms with Gasteiger partial charge >= 0.3 is 0 Å². The minimum Gasteiger partial charge on any atom is -0.359 e. The summed E-state index contributed by atoms with van der Waals surface area (Å²) in [5, 5.41) is 3.84. The van der Waals surface area contributed by atoms with Gasteiger partial charge in [0.2, 0.25) is 0 Å².